The third kappa shape index (κ3) is 8.24. The van der Waals surface area contributed by atoms with Gasteiger partial charge in [0, 0.05) is 0 Å². The van der Waals surface area contributed by atoms with Crippen LogP contribution in [0.15, 0.2) is 59.5 Å². The smallest absolute Gasteiger partial charge is 0.323 e. The third-order valence-electron chi connectivity index (χ3n) is 3.45. The molecule has 0 aliphatic carbocycles. The molecule has 0 fully saturated rings. The van der Waals surface area contributed by atoms with Gasteiger partial charge < -0.3 is 10.5 Å². The molecule has 0 bridgehead atoms. The quantitative estimate of drug-likeness (QED) is 0.590. The second-order valence-electron chi connectivity index (χ2n) is 5.78. The van der Waals surface area contributed by atoms with Crippen molar-refractivity contribution in [3.63, 3.8) is 0 Å². The Bertz CT molecular complexity index is 773. The number of aryl methyl sites for hydroxylation is 1. The molecule has 1 atom stereocenters. The van der Waals surface area contributed by atoms with Crippen LogP contribution in [0.1, 0.15) is 30.9 Å². The van der Waals surface area contributed by atoms with Crippen LogP contribution in [0.3, 0.4) is 0 Å². The van der Waals surface area contributed by atoms with Crippen molar-refractivity contribution in [3.05, 3.63) is 65.7 Å². The summed E-state index contributed by atoms with van der Waals surface area (Å²) in [5.41, 5.74) is 7.55. The van der Waals surface area contributed by atoms with Crippen molar-refractivity contribution in [2.75, 3.05) is 0 Å². The molecule has 0 heterocycles. The molecular weight excluding hydrogens is 354 g/mol. The zero-order valence-corrected chi connectivity index (χ0v) is 15.8. The van der Waals surface area contributed by atoms with Crippen LogP contribution in [-0.4, -0.2) is 25.0 Å². The van der Waals surface area contributed by atoms with Gasteiger partial charge in [0.05, 0.1) is 4.90 Å². The Morgan fingerprint density at radius 1 is 1.12 bits per heavy atom. The molecule has 3 N–H and O–H groups in total. The van der Waals surface area contributed by atoms with E-state index in [0.717, 1.165) is 17.5 Å². The largest absolute Gasteiger partial charge is 0.460 e. The van der Waals surface area contributed by atoms with Crippen molar-refractivity contribution in [1.82, 2.24) is 0 Å². The number of esters is 1. The maximum atomic E-state index is 11.4. The summed E-state index contributed by atoms with van der Waals surface area (Å²) in [6, 6.07) is 15.1. The van der Waals surface area contributed by atoms with E-state index >= 15 is 0 Å². The van der Waals surface area contributed by atoms with Crippen molar-refractivity contribution in [3.8, 4) is 0 Å². The van der Waals surface area contributed by atoms with Gasteiger partial charge in [-0.15, -0.1) is 0 Å². The summed E-state index contributed by atoms with van der Waals surface area (Å²) in [6.45, 7) is 4.13. The standard InChI is InChI=1S/C12H17NO2.C7H8O3S/c1-2-6-11(13)12(14)15-9-10-7-4-3-5-8-10;1-6-2-4-7(5-3-6)11(8,9)10/h3-5,7-8,11H,2,6,9,13H2,1H3;2-5H,1H3,(H,8,9,10)/t11-;/m1./s1. The zero-order valence-electron chi connectivity index (χ0n) is 15.0. The van der Waals surface area contributed by atoms with Gasteiger partial charge in [-0.3, -0.25) is 9.35 Å². The van der Waals surface area contributed by atoms with E-state index in [9.17, 15) is 13.2 Å². The Balaban J connectivity index is 0.000000273. The molecule has 6 nitrogen and oxygen atoms in total. The van der Waals surface area contributed by atoms with E-state index in [-0.39, 0.29) is 10.9 Å². The van der Waals surface area contributed by atoms with E-state index in [1.807, 2.05) is 44.2 Å². The maximum Gasteiger partial charge on any atom is 0.323 e. The van der Waals surface area contributed by atoms with Crippen LogP contribution in [0.2, 0.25) is 0 Å². The molecule has 0 unspecified atom stereocenters. The SMILES string of the molecule is CCC[C@@H](N)C(=O)OCc1ccccc1.Cc1ccc(S(=O)(=O)O)cc1. The average molecular weight is 379 g/mol. The van der Waals surface area contributed by atoms with Crippen LogP contribution in [0.4, 0.5) is 0 Å². The van der Waals surface area contributed by atoms with Crippen molar-refractivity contribution in [2.45, 2.75) is 44.2 Å². The van der Waals surface area contributed by atoms with Crippen LogP contribution in [0, 0.1) is 6.92 Å². The number of hydrogen-bond acceptors (Lipinski definition) is 5. The molecule has 0 spiro atoms. The first-order valence-corrected chi connectivity index (χ1v) is 9.68. The first kappa shape index (κ1) is 21.8. The van der Waals surface area contributed by atoms with Gasteiger partial charge in [0.15, 0.2) is 0 Å². The topological polar surface area (TPSA) is 107 Å². The van der Waals surface area contributed by atoms with Gasteiger partial charge in [0.2, 0.25) is 0 Å². The highest BCUT2D eigenvalue weighted by Crippen LogP contribution is 2.08. The monoisotopic (exact) mass is 379 g/mol. The van der Waals surface area contributed by atoms with E-state index in [1.165, 1.54) is 12.1 Å². The number of carbonyl (C=O) groups is 1. The van der Waals surface area contributed by atoms with Crippen molar-refractivity contribution in [1.29, 1.82) is 0 Å². The molecule has 2 aromatic rings. The number of carbonyl (C=O) groups excluding carboxylic acids is 1. The minimum Gasteiger partial charge on any atom is -0.460 e. The van der Waals surface area contributed by atoms with E-state index in [2.05, 4.69) is 0 Å². The Morgan fingerprint density at radius 3 is 2.19 bits per heavy atom. The van der Waals surface area contributed by atoms with Gasteiger partial charge >= 0.3 is 5.97 Å². The van der Waals surface area contributed by atoms with E-state index in [4.69, 9.17) is 15.0 Å². The fourth-order valence-corrected chi connectivity index (χ4v) is 2.45. The van der Waals surface area contributed by atoms with Gasteiger partial charge in [0.1, 0.15) is 12.6 Å². The predicted octanol–water partition coefficient (Wildman–Crippen LogP) is 3.10. The van der Waals surface area contributed by atoms with Crippen molar-refractivity contribution in [2.24, 2.45) is 5.73 Å². The van der Waals surface area contributed by atoms with Crippen molar-refractivity contribution >= 4 is 16.1 Å². The molecule has 7 heteroatoms. The van der Waals surface area contributed by atoms with Gasteiger partial charge in [-0.25, -0.2) is 0 Å². The first-order valence-electron chi connectivity index (χ1n) is 8.24. The third-order valence-corrected chi connectivity index (χ3v) is 4.31. The molecule has 0 aliphatic rings. The molecule has 0 aromatic heterocycles. The number of nitrogens with two attached hydrogens (primary N) is 1. The Morgan fingerprint density at radius 2 is 1.69 bits per heavy atom. The molecule has 0 aliphatic heterocycles. The molecule has 0 amide bonds. The number of benzene rings is 2. The van der Waals surface area contributed by atoms with Crippen LogP contribution < -0.4 is 5.73 Å². The lowest BCUT2D eigenvalue weighted by Gasteiger charge is -2.10. The normalized spacial score (nSPS) is 11.8. The molecule has 2 rings (SSSR count). The molecule has 0 radical (unpaired) electrons. The second kappa shape index (κ2) is 10.7. The highest BCUT2D eigenvalue weighted by Gasteiger charge is 2.13. The molecule has 0 saturated heterocycles. The van der Waals surface area contributed by atoms with E-state index in [1.54, 1.807) is 12.1 Å². The Labute approximate surface area is 154 Å². The average Bonchev–Trinajstić information content (AvgIpc) is 2.61. The fraction of sp³-hybridized carbons (Fsp3) is 0.316. The molecule has 0 saturated carbocycles. The number of rotatable bonds is 6. The summed E-state index contributed by atoms with van der Waals surface area (Å²) in [6.07, 6.45) is 1.56. The lowest BCUT2D eigenvalue weighted by Crippen LogP contribution is -2.31. The summed E-state index contributed by atoms with van der Waals surface area (Å²) in [5, 5.41) is 0. The Hall–Kier alpha value is -2.22. The zero-order chi connectivity index (χ0) is 19.6. The van der Waals surface area contributed by atoms with E-state index < -0.39 is 16.2 Å². The van der Waals surface area contributed by atoms with Crippen LogP contribution in [0.25, 0.3) is 0 Å². The number of hydrogen-bond donors (Lipinski definition) is 2. The molecule has 142 valence electrons. The van der Waals surface area contributed by atoms with Crippen LogP contribution in [0.5, 0.6) is 0 Å². The molecular formula is C19H25NO5S. The summed E-state index contributed by atoms with van der Waals surface area (Å²) in [4.78, 5) is 11.3. The summed E-state index contributed by atoms with van der Waals surface area (Å²) < 4.78 is 34.6. The van der Waals surface area contributed by atoms with Crippen LogP contribution in [-0.2, 0) is 26.3 Å². The van der Waals surface area contributed by atoms with E-state index in [0.29, 0.717) is 13.0 Å². The second-order valence-corrected chi connectivity index (χ2v) is 7.20. The highest BCUT2D eigenvalue weighted by molar-refractivity contribution is 7.85. The first-order chi connectivity index (χ1) is 12.2. The predicted molar refractivity (Wildman–Crippen MR) is 100 cm³/mol. The van der Waals surface area contributed by atoms with Gasteiger partial charge in [-0.1, -0.05) is 61.4 Å². The van der Waals surface area contributed by atoms with Gasteiger partial charge in [0.25, 0.3) is 10.1 Å². The lowest BCUT2D eigenvalue weighted by molar-refractivity contribution is -0.146. The van der Waals surface area contributed by atoms with Gasteiger partial charge in [-0.05, 0) is 31.0 Å². The fourth-order valence-electron chi connectivity index (χ4n) is 1.97. The Kier molecular flexibility index (Phi) is 8.98. The molecule has 26 heavy (non-hydrogen) atoms. The summed E-state index contributed by atoms with van der Waals surface area (Å²) in [5.74, 6) is -0.319. The molecule has 2 aromatic carbocycles. The minimum atomic E-state index is -4.02. The number of ether oxygens (including phenoxy) is 1. The maximum absolute atomic E-state index is 11.4. The minimum absolute atomic E-state index is 0.0666. The lowest BCUT2D eigenvalue weighted by atomic mass is 10.2. The van der Waals surface area contributed by atoms with Crippen molar-refractivity contribution < 1.29 is 22.5 Å². The summed E-state index contributed by atoms with van der Waals surface area (Å²) in [7, 11) is -4.02. The summed E-state index contributed by atoms with van der Waals surface area (Å²) >= 11 is 0. The van der Waals surface area contributed by atoms with Crippen LogP contribution >= 0.6 is 0 Å². The highest BCUT2D eigenvalue weighted by atomic mass is 32.2. The van der Waals surface area contributed by atoms with Gasteiger partial charge in [-0.2, -0.15) is 8.42 Å².